The van der Waals surface area contributed by atoms with Gasteiger partial charge in [-0.2, -0.15) is 18.0 Å². The molecule has 0 aliphatic heterocycles. The highest BCUT2D eigenvalue weighted by atomic mass is 32.2. The molecule has 0 radical (unpaired) electrons. The number of nitriles is 1. The van der Waals surface area contributed by atoms with Gasteiger partial charge in [0.05, 0.1) is 12.7 Å². The molecule has 0 rings (SSSR count). The quantitative estimate of drug-likeness (QED) is 0.641. The molecule has 8 heteroatoms. The molecule has 0 aromatic carbocycles. The maximum Gasteiger partial charge on any atom is 0.421 e. The Bertz CT molecular complexity index is 331. The van der Waals surface area contributed by atoms with Crippen molar-refractivity contribution in [2.24, 2.45) is 0 Å². The number of ether oxygens (including phenoxy) is 1. The van der Waals surface area contributed by atoms with Gasteiger partial charge in [0.25, 0.3) is 0 Å². The molecule has 1 amide bonds. The third-order valence-corrected chi connectivity index (χ3v) is 2.57. The van der Waals surface area contributed by atoms with Crippen molar-refractivity contribution in [3.63, 3.8) is 0 Å². The molecule has 0 bridgehead atoms. The molecule has 0 aliphatic carbocycles. The van der Waals surface area contributed by atoms with Crippen LogP contribution in [0, 0.1) is 11.3 Å². The molecule has 0 aromatic heterocycles. The van der Waals surface area contributed by atoms with Crippen LogP contribution in [-0.2, 0) is 14.9 Å². The molecule has 0 atom stereocenters. The van der Waals surface area contributed by atoms with E-state index < -0.39 is 16.3 Å². The number of amides is 1. The Kier molecular flexibility index (Phi) is 4.90. The number of hydrogen-bond acceptors (Lipinski definition) is 5. The monoisotopic (exact) mass is 221 g/mol. The molecule has 14 heavy (non-hydrogen) atoms. The third kappa shape index (κ3) is 4.06. The van der Waals surface area contributed by atoms with Gasteiger partial charge in [-0.1, -0.05) is 0 Å². The lowest BCUT2D eigenvalue weighted by atomic mass is 10.7. The Labute approximate surface area is 82.4 Å². The summed E-state index contributed by atoms with van der Waals surface area (Å²) in [6.07, 6.45) is -1.06. The Balaban J connectivity index is 4.36. The Hall–Kier alpha value is -1.33. The van der Waals surface area contributed by atoms with Gasteiger partial charge in [0.15, 0.2) is 0 Å². The van der Waals surface area contributed by atoms with Crippen LogP contribution >= 0.6 is 0 Å². The van der Waals surface area contributed by atoms with Crippen LogP contribution in [0.5, 0.6) is 0 Å². The van der Waals surface area contributed by atoms with Gasteiger partial charge in [0.2, 0.25) is 0 Å². The number of carbonyl (C=O) groups excluding carboxylic acids is 1. The lowest BCUT2D eigenvalue weighted by Gasteiger charge is -2.13. The fourth-order valence-electron chi connectivity index (χ4n) is 0.528. The van der Waals surface area contributed by atoms with Gasteiger partial charge in [0.1, 0.15) is 6.54 Å². The van der Waals surface area contributed by atoms with Crippen molar-refractivity contribution < 1.29 is 17.9 Å². The first-order valence-electron chi connectivity index (χ1n) is 3.71. The summed E-state index contributed by atoms with van der Waals surface area (Å²) >= 11 is 0. The minimum atomic E-state index is -3.96. The minimum Gasteiger partial charge on any atom is -0.449 e. The molecular formula is C6H11N3O4S. The molecule has 0 aliphatic rings. The van der Waals surface area contributed by atoms with Crippen molar-refractivity contribution in [3.05, 3.63) is 0 Å². The van der Waals surface area contributed by atoms with Gasteiger partial charge in [-0.15, -0.1) is 0 Å². The fourth-order valence-corrected chi connectivity index (χ4v) is 1.18. The van der Waals surface area contributed by atoms with Crippen molar-refractivity contribution in [1.82, 2.24) is 9.03 Å². The Morgan fingerprint density at radius 3 is 2.64 bits per heavy atom. The lowest BCUT2D eigenvalue weighted by Crippen LogP contribution is -2.41. The van der Waals surface area contributed by atoms with Crippen LogP contribution in [0.3, 0.4) is 0 Å². The number of rotatable bonds is 4. The van der Waals surface area contributed by atoms with Gasteiger partial charge in [-0.25, -0.2) is 9.52 Å². The highest BCUT2D eigenvalue weighted by Crippen LogP contribution is 1.92. The molecule has 0 fully saturated rings. The van der Waals surface area contributed by atoms with Crippen LogP contribution < -0.4 is 4.72 Å². The molecular weight excluding hydrogens is 210 g/mol. The lowest BCUT2D eigenvalue weighted by molar-refractivity contribution is 0.158. The molecule has 0 aromatic rings. The highest BCUT2D eigenvalue weighted by Gasteiger charge is 2.20. The number of carbonyl (C=O) groups is 1. The van der Waals surface area contributed by atoms with E-state index in [0.29, 0.717) is 4.31 Å². The van der Waals surface area contributed by atoms with Gasteiger partial charge in [-0.05, 0) is 6.92 Å². The summed E-state index contributed by atoms with van der Waals surface area (Å²) in [5, 5.41) is 8.24. The van der Waals surface area contributed by atoms with Crippen LogP contribution in [0.4, 0.5) is 4.79 Å². The van der Waals surface area contributed by atoms with E-state index in [4.69, 9.17) is 5.26 Å². The van der Waals surface area contributed by atoms with E-state index in [1.807, 2.05) is 0 Å². The molecule has 0 unspecified atom stereocenters. The first kappa shape index (κ1) is 12.7. The minimum absolute atomic E-state index is 0.0727. The number of hydrogen-bond donors (Lipinski definition) is 1. The summed E-state index contributed by atoms with van der Waals surface area (Å²) in [7, 11) is -2.79. The summed E-state index contributed by atoms with van der Waals surface area (Å²) in [5.41, 5.74) is 0. The summed E-state index contributed by atoms with van der Waals surface area (Å²) in [6.45, 7) is 1.28. The zero-order chi connectivity index (χ0) is 11.2. The van der Waals surface area contributed by atoms with Crippen LogP contribution in [-0.4, -0.2) is 39.0 Å². The first-order valence-corrected chi connectivity index (χ1v) is 5.15. The second-order valence-corrected chi connectivity index (χ2v) is 4.02. The summed E-state index contributed by atoms with van der Waals surface area (Å²) in [6, 6.07) is 1.63. The summed E-state index contributed by atoms with van der Waals surface area (Å²) < 4.78 is 29.0. The van der Waals surface area contributed by atoms with Crippen molar-refractivity contribution in [2.75, 3.05) is 20.2 Å². The molecule has 0 saturated carbocycles. The Morgan fingerprint density at radius 2 is 2.21 bits per heavy atom. The topological polar surface area (TPSA) is 99.5 Å². The highest BCUT2D eigenvalue weighted by molar-refractivity contribution is 7.87. The van der Waals surface area contributed by atoms with E-state index in [1.165, 1.54) is 7.05 Å². The van der Waals surface area contributed by atoms with Crippen LogP contribution in [0.1, 0.15) is 6.92 Å². The smallest absolute Gasteiger partial charge is 0.421 e. The number of nitrogens with zero attached hydrogens (tertiary/aromatic N) is 2. The molecule has 0 heterocycles. The summed E-state index contributed by atoms with van der Waals surface area (Å²) in [5.74, 6) is 0. The van der Waals surface area contributed by atoms with E-state index in [9.17, 15) is 13.2 Å². The van der Waals surface area contributed by atoms with Crippen LogP contribution in [0.15, 0.2) is 0 Å². The van der Waals surface area contributed by atoms with Gasteiger partial charge in [-0.3, -0.25) is 0 Å². The molecule has 80 valence electrons. The van der Waals surface area contributed by atoms with E-state index in [0.717, 1.165) is 0 Å². The fraction of sp³-hybridized carbons (Fsp3) is 0.667. The maximum atomic E-state index is 11.2. The van der Waals surface area contributed by atoms with E-state index in [-0.39, 0.29) is 13.2 Å². The van der Waals surface area contributed by atoms with Crippen molar-refractivity contribution >= 4 is 16.3 Å². The molecule has 0 spiro atoms. The molecule has 1 N–H and O–H groups in total. The largest absolute Gasteiger partial charge is 0.449 e. The van der Waals surface area contributed by atoms with Gasteiger partial charge >= 0.3 is 16.3 Å². The number of nitrogens with one attached hydrogen (secondary N) is 1. The second-order valence-electron chi connectivity index (χ2n) is 2.24. The van der Waals surface area contributed by atoms with E-state index in [2.05, 4.69) is 4.74 Å². The molecule has 7 nitrogen and oxygen atoms in total. The van der Waals surface area contributed by atoms with Gasteiger partial charge in [0, 0.05) is 7.05 Å². The first-order chi connectivity index (χ1) is 6.44. The van der Waals surface area contributed by atoms with Crippen molar-refractivity contribution in [2.45, 2.75) is 6.92 Å². The van der Waals surface area contributed by atoms with Crippen LogP contribution in [0.2, 0.25) is 0 Å². The van der Waals surface area contributed by atoms with Crippen LogP contribution in [0.25, 0.3) is 0 Å². The van der Waals surface area contributed by atoms with Gasteiger partial charge < -0.3 is 4.74 Å². The average Bonchev–Trinajstić information content (AvgIpc) is 2.03. The predicted octanol–water partition coefficient (Wildman–Crippen LogP) is -0.567. The zero-order valence-electron chi connectivity index (χ0n) is 7.85. The average molecular weight is 221 g/mol. The summed E-state index contributed by atoms with van der Waals surface area (Å²) in [4.78, 5) is 10.7. The normalized spacial score (nSPS) is 10.7. The predicted molar refractivity (Wildman–Crippen MR) is 47.3 cm³/mol. The van der Waals surface area contributed by atoms with E-state index in [1.54, 1.807) is 17.7 Å². The zero-order valence-corrected chi connectivity index (χ0v) is 8.67. The molecule has 0 saturated heterocycles. The third-order valence-electron chi connectivity index (χ3n) is 1.19. The standard InChI is InChI=1S/C6H11N3O4S/c1-3-13-6(10)8-14(11,12)9(2)5-4-7/h3,5H2,1-2H3,(H,8,10). The Morgan fingerprint density at radius 1 is 1.64 bits per heavy atom. The van der Waals surface area contributed by atoms with E-state index >= 15 is 0 Å². The van der Waals surface area contributed by atoms with Crippen molar-refractivity contribution in [3.8, 4) is 6.07 Å². The second kappa shape index (κ2) is 5.41. The maximum absolute atomic E-state index is 11.2. The SMILES string of the molecule is CCOC(=O)NS(=O)(=O)N(C)CC#N. The van der Waals surface area contributed by atoms with Crippen molar-refractivity contribution in [1.29, 1.82) is 5.26 Å².